The molecule has 5 heteroatoms. The smallest absolute Gasteiger partial charge is 0.176 e. The Morgan fingerprint density at radius 1 is 1.56 bits per heavy atom. The van der Waals surface area contributed by atoms with Crippen LogP contribution in [-0.2, 0) is 0 Å². The predicted molar refractivity (Wildman–Crippen MR) is 34.4 cm³/mol. The molecule has 0 heterocycles. The molecule has 0 bridgehead atoms. The second-order valence-electron chi connectivity index (χ2n) is 1.92. The van der Waals surface area contributed by atoms with Crippen molar-refractivity contribution in [1.82, 2.24) is 0 Å². The van der Waals surface area contributed by atoms with Crippen molar-refractivity contribution in [2.24, 2.45) is 5.92 Å². The van der Waals surface area contributed by atoms with E-state index in [4.69, 9.17) is 11.1 Å². The van der Waals surface area contributed by atoms with E-state index < -0.39 is 20.9 Å². The maximum atomic E-state index is 11.6. The fourth-order valence-corrected chi connectivity index (χ4v) is 1.96. The van der Waals surface area contributed by atoms with E-state index in [1.54, 1.807) is 0 Å². The Kier molecular flexibility index (Phi) is 3.58. The van der Waals surface area contributed by atoms with E-state index in [9.17, 15) is 13.2 Å². The van der Waals surface area contributed by atoms with E-state index in [0.717, 1.165) is 6.92 Å². The topological polar surface area (TPSA) is 0 Å². The Bertz CT molecular complexity index is 82.4. The molecule has 0 saturated heterocycles. The molecule has 9 heavy (non-hydrogen) atoms. The second kappa shape index (κ2) is 3.46. The summed E-state index contributed by atoms with van der Waals surface area (Å²) < 4.78 is 34.8. The van der Waals surface area contributed by atoms with Crippen LogP contribution in [0.2, 0.25) is 6.04 Å². The van der Waals surface area contributed by atoms with Gasteiger partial charge in [-0.15, -0.1) is 0 Å². The van der Waals surface area contributed by atoms with Crippen LogP contribution in [-0.4, -0.2) is 15.0 Å². The molecule has 56 valence electrons. The van der Waals surface area contributed by atoms with Gasteiger partial charge in [-0.3, -0.25) is 0 Å². The summed E-state index contributed by atoms with van der Waals surface area (Å²) in [6.07, 6.45) is -4.04. The molecule has 0 aliphatic rings. The highest BCUT2D eigenvalue weighted by Crippen LogP contribution is 2.28. The SMILES string of the molecule is CC(C[SiH2]Cl)C(F)(F)F. The van der Waals surface area contributed by atoms with Crippen LogP contribution in [0.5, 0.6) is 0 Å². The molecule has 0 nitrogen and oxygen atoms in total. The summed E-state index contributed by atoms with van der Waals surface area (Å²) in [5.41, 5.74) is 0. The zero-order valence-corrected chi connectivity index (χ0v) is 7.17. The molecule has 0 aromatic rings. The molecule has 0 N–H and O–H groups in total. The van der Waals surface area contributed by atoms with Crippen molar-refractivity contribution >= 4 is 19.9 Å². The van der Waals surface area contributed by atoms with Gasteiger partial charge in [-0.1, -0.05) is 6.92 Å². The van der Waals surface area contributed by atoms with E-state index in [2.05, 4.69) is 0 Å². The van der Waals surface area contributed by atoms with Crippen molar-refractivity contribution in [3.8, 4) is 0 Å². The lowest BCUT2D eigenvalue weighted by atomic mass is 10.2. The summed E-state index contributed by atoms with van der Waals surface area (Å²) in [5.74, 6) is -1.21. The van der Waals surface area contributed by atoms with Crippen LogP contribution in [0.1, 0.15) is 6.92 Å². The van der Waals surface area contributed by atoms with E-state index in [-0.39, 0.29) is 6.04 Å². The van der Waals surface area contributed by atoms with Crippen molar-refractivity contribution in [2.45, 2.75) is 19.1 Å². The van der Waals surface area contributed by atoms with Crippen molar-refractivity contribution in [2.75, 3.05) is 0 Å². The molecule has 0 aliphatic heterocycles. The molecule has 0 amide bonds. The molecule has 0 radical (unpaired) electrons. The van der Waals surface area contributed by atoms with Crippen LogP contribution in [0, 0.1) is 5.92 Å². The maximum Gasteiger partial charge on any atom is 0.391 e. The lowest BCUT2D eigenvalue weighted by molar-refractivity contribution is -0.164. The van der Waals surface area contributed by atoms with E-state index in [1.165, 1.54) is 0 Å². The molecule has 0 saturated carbocycles. The van der Waals surface area contributed by atoms with Crippen molar-refractivity contribution in [3.63, 3.8) is 0 Å². The van der Waals surface area contributed by atoms with Gasteiger partial charge < -0.3 is 0 Å². The van der Waals surface area contributed by atoms with E-state index >= 15 is 0 Å². The highest BCUT2D eigenvalue weighted by molar-refractivity contribution is 6.93. The second-order valence-corrected chi connectivity index (χ2v) is 4.01. The number of hydrogen-bond acceptors (Lipinski definition) is 0. The molecule has 0 aromatic carbocycles. The van der Waals surface area contributed by atoms with Gasteiger partial charge in [-0.05, 0) is 6.04 Å². The van der Waals surface area contributed by atoms with E-state index in [1.807, 2.05) is 0 Å². The molecule has 0 aliphatic carbocycles. The normalized spacial score (nSPS) is 17.0. The quantitative estimate of drug-likeness (QED) is 0.446. The van der Waals surface area contributed by atoms with Crippen LogP contribution in [0.4, 0.5) is 13.2 Å². The zero-order valence-electron chi connectivity index (χ0n) is 5.00. The van der Waals surface area contributed by atoms with Crippen molar-refractivity contribution in [3.05, 3.63) is 0 Å². The van der Waals surface area contributed by atoms with Gasteiger partial charge in [-0.25, -0.2) is 0 Å². The first-order valence-corrected chi connectivity index (χ1v) is 5.75. The molecule has 0 fully saturated rings. The molecule has 0 aromatic heterocycles. The Balaban J connectivity index is 3.59. The molecule has 1 atom stereocenters. The van der Waals surface area contributed by atoms with Crippen LogP contribution >= 0.6 is 11.1 Å². The van der Waals surface area contributed by atoms with Gasteiger partial charge in [0, 0.05) is 0 Å². The Labute approximate surface area is 58.9 Å². The number of rotatable bonds is 2. The summed E-state index contributed by atoms with van der Waals surface area (Å²) in [5, 5.41) is 0. The minimum absolute atomic E-state index is 0.144. The largest absolute Gasteiger partial charge is 0.391 e. The number of alkyl halides is 3. The summed E-state index contributed by atoms with van der Waals surface area (Å²) >= 11 is 5.24. The summed E-state index contributed by atoms with van der Waals surface area (Å²) in [6.45, 7) is 1.16. The summed E-state index contributed by atoms with van der Waals surface area (Å²) in [4.78, 5) is 0. The first-order chi connectivity index (χ1) is 3.98. The third-order valence-corrected chi connectivity index (χ3v) is 2.84. The number of hydrogen-bond donors (Lipinski definition) is 0. The van der Waals surface area contributed by atoms with Gasteiger partial charge in [0.1, 0.15) is 8.83 Å². The lowest BCUT2D eigenvalue weighted by Gasteiger charge is -2.12. The van der Waals surface area contributed by atoms with Gasteiger partial charge in [0.05, 0.1) is 5.92 Å². The fourth-order valence-electron chi connectivity index (χ4n) is 0.327. The van der Waals surface area contributed by atoms with Crippen LogP contribution < -0.4 is 0 Å². The summed E-state index contributed by atoms with van der Waals surface area (Å²) in [6, 6.07) is 0.144. The molecule has 0 rings (SSSR count). The van der Waals surface area contributed by atoms with Gasteiger partial charge >= 0.3 is 6.18 Å². The molecule has 1 unspecified atom stereocenters. The highest BCUT2D eigenvalue weighted by Gasteiger charge is 2.34. The minimum Gasteiger partial charge on any atom is -0.176 e. The van der Waals surface area contributed by atoms with Crippen molar-refractivity contribution in [1.29, 1.82) is 0 Å². The average Bonchev–Trinajstić information content (AvgIpc) is 1.64. The van der Waals surface area contributed by atoms with Crippen LogP contribution in [0.25, 0.3) is 0 Å². The molecular formula is C4H8ClF3Si. The van der Waals surface area contributed by atoms with Gasteiger partial charge in [0.2, 0.25) is 0 Å². The van der Waals surface area contributed by atoms with Crippen LogP contribution in [0.15, 0.2) is 0 Å². The number of halogens is 4. The Morgan fingerprint density at radius 3 is 2.11 bits per heavy atom. The zero-order chi connectivity index (χ0) is 7.49. The predicted octanol–water partition coefficient (Wildman–Crippen LogP) is 1.93. The first kappa shape index (κ1) is 9.30. The first-order valence-electron chi connectivity index (χ1n) is 2.61. The monoisotopic (exact) mass is 176 g/mol. The maximum absolute atomic E-state index is 11.6. The van der Waals surface area contributed by atoms with Gasteiger partial charge in [0.15, 0.2) is 0 Å². The third-order valence-electron chi connectivity index (χ3n) is 1.10. The van der Waals surface area contributed by atoms with Gasteiger partial charge in [-0.2, -0.15) is 24.3 Å². The Hall–Kier alpha value is 0.297. The fraction of sp³-hybridized carbons (Fsp3) is 1.00. The van der Waals surface area contributed by atoms with Crippen molar-refractivity contribution < 1.29 is 13.2 Å². The highest BCUT2D eigenvalue weighted by atomic mass is 35.6. The molecule has 0 spiro atoms. The summed E-state index contributed by atoms with van der Waals surface area (Å²) in [7, 11) is -0.961. The third kappa shape index (κ3) is 3.81. The standard InChI is InChI=1S/C4H8ClF3Si/c1-3(2-9-5)4(6,7)8/h3H,2,9H2,1H3. The lowest BCUT2D eigenvalue weighted by Crippen LogP contribution is -2.19. The van der Waals surface area contributed by atoms with Crippen LogP contribution in [0.3, 0.4) is 0 Å². The van der Waals surface area contributed by atoms with E-state index in [0.29, 0.717) is 0 Å². The minimum atomic E-state index is -4.04. The van der Waals surface area contributed by atoms with Gasteiger partial charge in [0.25, 0.3) is 0 Å². The Morgan fingerprint density at radius 2 is 2.00 bits per heavy atom. The average molecular weight is 177 g/mol. The molecular weight excluding hydrogens is 169 g/mol.